The summed E-state index contributed by atoms with van der Waals surface area (Å²) in [5, 5.41) is 10.3. The van der Waals surface area contributed by atoms with E-state index in [-0.39, 0.29) is 6.61 Å². The quantitative estimate of drug-likeness (QED) is 0.884. The normalized spacial score (nSPS) is 15.3. The second-order valence-electron chi connectivity index (χ2n) is 4.00. The fourth-order valence-corrected chi connectivity index (χ4v) is 2.78. The predicted octanol–water partition coefficient (Wildman–Crippen LogP) is 2.57. The molecule has 2 aromatic rings. The lowest BCUT2D eigenvalue weighted by Gasteiger charge is -1.93. The van der Waals surface area contributed by atoms with Gasteiger partial charge < -0.3 is 5.11 Å². The molecule has 1 saturated carbocycles. The average molecular weight is 232 g/mol. The Balaban J connectivity index is 2.02. The van der Waals surface area contributed by atoms with Gasteiger partial charge in [0.1, 0.15) is 5.01 Å². The van der Waals surface area contributed by atoms with Gasteiger partial charge in [-0.3, -0.25) is 4.98 Å². The molecular formula is C12H12N2OS. The van der Waals surface area contributed by atoms with E-state index >= 15 is 0 Å². The van der Waals surface area contributed by atoms with Crippen molar-refractivity contribution < 1.29 is 5.11 Å². The first-order valence-electron chi connectivity index (χ1n) is 5.39. The monoisotopic (exact) mass is 232 g/mol. The van der Waals surface area contributed by atoms with Crippen LogP contribution in [0.2, 0.25) is 0 Å². The van der Waals surface area contributed by atoms with Crippen LogP contribution in [-0.2, 0) is 6.61 Å². The van der Waals surface area contributed by atoms with Crippen LogP contribution in [-0.4, -0.2) is 15.1 Å². The number of aliphatic hydroxyl groups excluding tert-OH is 1. The van der Waals surface area contributed by atoms with E-state index < -0.39 is 0 Å². The lowest BCUT2D eigenvalue weighted by atomic mass is 10.2. The average Bonchev–Trinajstić information content (AvgIpc) is 3.10. The fourth-order valence-electron chi connectivity index (χ4n) is 1.77. The molecule has 4 heteroatoms. The number of aromatic nitrogens is 2. The van der Waals surface area contributed by atoms with E-state index in [0.29, 0.717) is 5.92 Å². The summed E-state index contributed by atoms with van der Waals surface area (Å²) in [6, 6.07) is 3.91. The molecule has 0 aromatic carbocycles. The second kappa shape index (κ2) is 3.96. The summed E-state index contributed by atoms with van der Waals surface area (Å²) in [7, 11) is 0. The minimum atomic E-state index is 0.106. The molecule has 0 bridgehead atoms. The molecule has 1 aliphatic rings. The molecule has 1 N–H and O–H groups in total. The van der Waals surface area contributed by atoms with E-state index in [1.54, 1.807) is 23.7 Å². The van der Waals surface area contributed by atoms with Crippen LogP contribution in [0.4, 0.5) is 0 Å². The molecule has 0 unspecified atom stereocenters. The van der Waals surface area contributed by atoms with Crippen LogP contribution in [0, 0.1) is 0 Å². The highest BCUT2D eigenvalue weighted by molar-refractivity contribution is 7.15. The Labute approximate surface area is 97.8 Å². The summed E-state index contributed by atoms with van der Waals surface area (Å²) in [5.74, 6) is 0.592. The number of hydrogen-bond acceptors (Lipinski definition) is 4. The van der Waals surface area contributed by atoms with Crippen molar-refractivity contribution in [2.45, 2.75) is 25.4 Å². The molecule has 0 saturated heterocycles. The highest BCUT2D eigenvalue weighted by Gasteiger charge is 2.29. The van der Waals surface area contributed by atoms with E-state index in [1.807, 2.05) is 12.1 Å². The molecule has 16 heavy (non-hydrogen) atoms. The molecule has 0 atom stereocenters. The Kier molecular flexibility index (Phi) is 2.46. The molecule has 2 heterocycles. The molecule has 0 spiro atoms. The number of nitrogens with zero attached hydrogens (tertiary/aromatic N) is 2. The minimum absolute atomic E-state index is 0.106. The van der Waals surface area contributed by atoms with Gasteiger partial charge >= 0.3 is 0 Å². The zero-order chi connectivity index (χ0) is 11.0. The number of hydrogen-bond donors (Lipinski definition) is 1. The lowest BCUT2D eigenvalue weighted by Crippen LogP contribution is -1.87. The van der Waals surface area contributed by atoms with Crippen molar-refractivity contribution in [3.63, 3.8) is 0 Å². The maximum atomic E-state index is 9.31. The minimum Gasteiger partial charge on any atom is -0.391 e. The first-order valence-corrected chi connectivity index (χ1v) is 6.21. The highest BCUT2D eigenvalue weighted by atomic mass is 32.1. The SMILES string of the molecule is OCc1sc(-c2ccncc2)nc1C1CC1. The smallest absolute Gasteiger partial charge is 0.124 e. The summed E-state index contributed by atoms with van der Waals surface area (Å²) in [5.41, 5.74) is 2.20. The topological polar surface area (TPSA) is 46.0 Å². The summed E-state index contributed by atoms with van der Waals surface area (Å²) >= 11 is 1.59. The van der Waals surface area contributed by atoms with Crippen LogP contribution < -0.4 is 0 Å². The zero-order valence-corrected chi connectivity index (χ0v) is 9.57. The van der Waals surface area contributed by atoms with Gasteiger partial charge in [-0.15, -0.1) is 11.3 Å². The van der Waals surface area contributed by atoms with Crippen LogP contribution in [0.1, 0.15) is 29.3 Å². The van der Waals surface area contributed by atoms with Crippen LogP contribution in [0.5, 0.6) is 0 Å². The Morgan fingerprint density at radius 3 is 2.69 bits per heavy atom. The summed E-state index contributed by atoms with van der Waals surface area (Å²) in [4.78, 5) is 9.66. The molecular weight excluding hydrogens is 220 g/mol. The van der Waals surface area contributed by atoms with Gasteiger partial charge in [0.05, 0.1) is 17.2 Å². The third-order valence-electron chi connectivity index (χ3n) is 2.76. The molecule has 82 valence electrons. The van der Waals surface area contributed by atoms with Crippen molar-refractivity contribution in [1.29, 1.82) is 0 Å². The number of thiazole rings is 1. The number of rotatable bonds is 3. The van der Waals surface area contributed by atoms with Crippen molar-refractivity contribution in [3.8, 4) is 10.6 Å². The highest BCUT2D eigenvalue weighted by Crippen LogP contribution is 2.44. The van der Waals surface area contributed by atoms with Gasteiger partial charge in [-0.05, 0) is 25.0 Å². The second-order valence-corrected chi connectivity index (χ2v) is 5.08. The van der Waals surface area contributed by atoms with Crippen molar-refractivity contribution in [1.82, 2.24) is 9.97 Å². The third-order valence-corrected chi connectivity index (χ3v) is 3.87. The molecule has 3 nitrogen and oxygen atoms in total. The summed E-state index contributed by atoms with van der Waals surface area (Å²) in [6.07, 6.45) is 5.97. The molecule has 0 amide bonds. The van der Waals surface area contributed by atoms with Crippen molar-refractivity contribution >= 4 is 11.3 Å². The number of pyridine rings is 1. The van der Waals surface area contributed by atoms with E-state index in [2.05, 4.69) is 9.97 Å². The maximum Gasteiger partial charge on any atom is 0.124 e. The van der Waals surface area contributed by atoms with E-state index in [4.69, 9.17) is 0 Å². The predicted molar refractivity (Wildman–Crippen MR) is 63.2 cm³/mol. The van der Waals surface area contributed by atoms with Gasteiger partial charge in [-0.1, -0.05) is 0 Å². The Morgan fingerprint density at radius 2 is 2.06 bits per heavy atom. The largest absolute Gasteiger partial charge is 0.391 e. The Bertz CT molecular complexity index is 491. The number of aliphatic hydroxyl groups is 1. The van der Waals surface area contributed by atoms with Crippen LogP contribution in [0.3, 0.4) is 0 Å². The Hall–Kier alpha value is -1.26. The molecule has 1 aliphatic carbocycles. The first-order chi connectivity index (χ1) is 7.88. The van der Waals surface area contributed by atoms with Gasteiger partial charge in [0, 0.05) is 23.9 Å². The molecule has 0 radical (unpaired) electrons. The zero-order valence-electron chi connectivity index (χ0n) is 8.76. The van der Waals surface area contributed by atoms with Gasteiger partial charge in [-0.25, -0.2) is 4.98 Å². The lowest BCUT2D eigenvalue weighted by molar-refractivity contribution is 0.284. The van der Waals surface area contributed by atoms with Crippen LogP contribution in [0.15, 0.2) is 24.5 Å². The summed E-state index contributed by atoms with van der Waals surface area (Å²) in [6.45, 7) is 0.106. The molecule has 1 fully saturated rings. The van der Waals surface area contributed by atoms with Crippen LogP contribution in [0.25, 0.3) is 10.6 Å². The fraction of sp³-hybridized carbons (Fsp3) is 0.333. The van der Waals surface area contributed by atoms with Gasteiger partial charge in [0.2, 0.25) is 0 Å². The van der Waals surface area contributed by atoms with Gasteiger partial charge in [0.25, 0.3) is 0 Å². The van der Waals surface area contributed by atoms with Crippen molar-refractivity contribution in [2.24, 2.45) is 0 Å². The molecule has 0 aliphatic heterocycles. The summed E-state index contributed by atoms with van der Waals surface area (Å²) < 4.78 is 0. The van der Waals surface area contributed by atoms with E-state index in [1.165, 1.54) is 12.8 Å². The third kappa shape index (κ3) is 1.74. The maximum absolute atomic E-state index is 9.31. The molecule has 3 rings (SSSR count). The standard InChI is InChI=1S/C12H12N2OS/c15-7-10-11(8-1-2-8)14-12(16-10)9-3-5-13-6-4-9/h3-6,8,15H,1-2,7H2. The first kappa shape index (κ1) is 9.93. The van der Waals surface area contributed by atoms with Crippen molar-refractivity contribution in [3.05, 3.63) is 35.1 Å². The van der Waals surface area contributed by atoms with Gasteiger partial charge in [-0.2, -0.15) is 0 Å². The van der Waals surface area contributed by atoms with Crippen molar-refractivity contribution in [2.75, 3.05) is 0 Å². The van der Waals surface area contributed by atoms with E-state index in [9.17, 15) is 5.11 Å². The van der Waals surface area contributed by atoms with Gasteiger partial charge in [0.15, 0.2) is 0 Å². The molecule has 2 aromatic heterocycles. The Morgan fingerprint density at radius 1 is 1.31 bits per heavy atom. The van der Waals surface area contributed by atoms with E-state index in [0.717, 1.165) is 21.1 Å². The van der Waals surface area contributed by atoms with Crippen LogP contribution >= 0.6 is 11.3 Å².